The Labute approximate surface area is 190 Å². The van der Waals surface area contributed by atoms with E-state index < -0.39 is 21.3 Å². The number of nitrogens with zero attached hydrogens (tertiary/aromatic N) is 1. The van der Waals surface area contributed by atoms with E-state index in [1.807, 2.05) is 30.3 Å². The van der Waals surface area contributed by atoms with Crippen LogP contribution in [0, 0.1) is 0 Å². The Bertz CT molecular complexity index is 986. The van der Waals surface area contributed by atoms with Crippen molar-refractivity contribution >= 4 is 28.4 Å². The summed E-state index contributed by atoms with van der Waals surface area (Å²) in [5.74, 6) is -0.392. The van der Waals surface area contributed by atoms with Crippen molar-refractivity contribution in [3.63, 3.8) is 0 Å². The van der Waals surface area contributed by atoms with Crippen LogP contribution in [-0.2, 0) is 26.1 Å². The summed E-state index contributed by atoms with van der Waals surface area (Å²) >= 11 is 0. The van der Waals surface area contributed by atoms with Crippen molar-refractivity contribution < 1.29 is 17.8 Å². The minimum atomic E-state index is -4.07. The van der Waals surface area contributed by atoms with E-state index in [1.54, 1.807) is 12.1 Å². The molecule has 0 bridgehead atoms. The molecule has 168 valence electrons. The van der Waals surface area contributed by atoms with E-state index in [1.165, 1.54) is 12.8 Å². The van der Waals surface area contributed by atoms with E-state index in [4.69, 9.17) is 4.55 Å². The quantitative estimate of drug-likeness (QED) is 0.584. The lowest BCUT2D eigenvalue weighted by Gasteiger charge is -2.27. The number of carbonyl (C=O) groups excluding carboxylic acids is 1. The number of nitrogens with one attached hydrogen (secondary N) is 1. The summed E-state index contributed by atoms with van der Waals surface area (Å²) in [6.07, 6.45) is 3.97. The summed E-state index contributed by atoms with van der Waals surface area (Å²) in [4.78, 5) is 15.7. The SMILES string of the molecule is Cl.O=C(N[C@H](CN1CCCC1)c1ccccc1)C1(c2ccc(CS(=O)(=O)O)cc2)CC1. The third-order valence-corrected chi connectivity index (χ3v) is 6.89. The molecule has 1 saturated carbocycles. The summed E-state index contributed by atoms with van der Waals surface area (Å²) < 4.78 is 31.2. The van der Waals surface area contributed by atoms with Crippen LogP contribution >= 0.6 is 12.4 Å². The first-order valence-corrected chi connectivity index (χ1v) is 12.1. The molecule has 1 saturated heterocycles. The third-order valence-electron chi connectivity index (χ3n) is 6.19. The van der Waals surface area contributed by atoms with Gasteiger partial charge in [-0.3, -0.25) is 9.35 Å². The van der Waals surface area contributed by atoms with Gasteiger partial charge in [0.15, 0.2) is 0 Å². The maximum absolute atomic E-state index is 13.3. The fourth-order valence-corrected chi connectivity index (χ4v) is 4.96. The molecule has 2 aromatic rings. The molecule has 0 aromatic heterocycles. The molecular formula is C23H29ClN2O4S. The lowest BCUT2D eigenvalue weighted by molar-refractivity contribution is -0.124. The number of amides is 1. The van der Waals surface area contributed by atoms with Crippen molar-refractivity contribution in [3.05, 3.63) is 71.3 Å². The van der Waals surface area contributed by atoms with Gasteiger partial charge >= 0.3 is 0 Å². The molecule has 1 heterocycles. The van der Waals surface area contributed by atoms with Crippen LogP contribution in [0.5, 0.6) is 0 Å². The molecule has 2 fully saturated rings. The molecule has 1 atom stereocenters. The fraction of sp³-hybridized carbons (Fsp3) is 0.435. The number of carbonyl (C=O) groups is 1. The van der Waals surface area contributed by atoms with Gasteiger partial charge in [-0.1, -0.05) is 54.6 Å². The van der Waals surface area contributed by atoms with Gasteiger partial charge in [-0.2, -0.15) is 8.42 Å². The number of hydrogen-bond donors (Lipinski definition) is 2. The van der Waals surface area contributed by atoms with Crippen LogP contribution in [0.25, 0.3) is 0 Å². The summed E-state index contributed by atoms with van der Waals surface area (Å²) in [5, 5.41) is 3.30. The highest BCUT2D eigenvalue weighted by molar-refractivity contribution is 7.85. The minimum absolute atomic E-state index is 0. The van der Waals surface area contributed by atoms with Gasteiger partial charge in [-0.15, -0.1) is 12.4 Å². The molecule has 2 aromatic carbocycles. The number of benzene rings is 2. The molecule has 8 heteroatoms. The molecule has 2 N–H and O–H groups in total. The Morgan fingerprint density at radius 1 is 1.03 bits per heavy atom. The standard InChI is InChI=1S/C23H28N2O4S.ClH/c26-22(23(12-13-23)20-10-8-18(9-11-20)17-30(27,28)29)24-21(16-25-14-4-5-15-25)19-6-2-1-3-7-19;/h1-3,6-11,21H,4-5,12-17H2,(H,24,26)(H,27,28,29);1H/t21-;/m1./s1. The van der Waals surface area contributed by atoms with Gasteiger partial charge < -0.3 is 10.2 Å². The predicted octanol–water partition coefficient (Wildman–Crippen LogP) is 3.48. The van der Waals surface area contributed by atoms with E-state index in [9.17, 15) is 13.2 Å². The van der Waals surface area contributed by atoms with E-state index >= 15 is 0 Å². The summed E-state index contributed by atoms with van der Waals surface area (Å²) in [6, 6.07) is 17.0. The van der Waals surface area contributed by atoms with Gasteiger partial charge in [0.1, 0.15) is 5.75 Å². The highest BCUT2D eigenvalue weighted by atomic mass is 35.5. The van der Waals surface area contributed by atoms with Gasteiger partial charge in [-0.05, 0) is 55.5 Å². The smallest absolute Gasteiger partial charge is 0.269 e. The molecular weight excluding hydrogens is 436 g/mol. The Balaban J connectivity index is 0.00000272. The molecule has 31 heavy (non-hydrogen) atoms. The average molecular weight is 465 g/mol. The third kappa shape index (κ3) is 5.86. The van der Waals surface area contributed by atoms with Crippen LogP contribution in [0.15, 0.2) is 54.6 Å². The number of likely N-dealkylation sites (tertiary alicyclic amines) is 1. The molecule has 1 aliphatic carbocycles. The van der Waals surface area contributed by atoms with Crippen molar-refractivity contribution in [1.29, 1.82) is 0 Å². The average Bonchev–Trinajstić information content (AvgIpc) is 3.37. The first-order chi connectivity index (χ1) is 14.4. The van der Waals surface area contributed by atoms with Gasteiger partial charge in [0, 0.05) is 6.54 Å². The number of hydrogen-bond acceptors (Lipinski definition) is 4. The Hall–Kier alpha value is -1.93. The second-order valence-electron chi connectivity index (χ2n) is 8.45. The van der Waals surface area contributed by atoms with E-state index in [0.717, 1.165) is 43.6 Å². The first-order valence-electron chi connectivity index (χ1n) is 10.5. The van der Waals surface area contributed by atoms with E-state index in [0.29, 0.717) is 5.56 Å². The molecule has 1 amide bonds. The van der Waals surface area contributed by atoms with Gasteiger partial charge in [0.05, 0.1) is 11.5 Å². The Morgan fingerprint density at radius 2 is 1.65 bits per heavy atom. The number of rotatable bonds is 8. The zero-order valence-electron chi connectivity index (χ0n) is 17.4. The van der Waals surface area contributed by atoms with Crippen LogP contribution in [0.3, 0.4) is 0 Å². The maximum atomic E-state index is 13.3. The van der Waals surface area contributed by atoms with Crippen molar-refractivity contribution in [2.45, 2.75) is 42.9 Å². The highest BCUT2D eigenvalue weighted by Crippen LogP contribution is 2.48. The van der Waals surface area contributed by atoms with Gasteiger partial charge in [0.25, 0.3) is 10.1 Å². The van der Waals surface area contributed by atoms with Crippen molar-refractivity contribution in [2.75, 3.05) is 19.6 Å². The van der Waals surface area contributed by atoms with E-state index in [-0.39, 0.29) is 24.4 Å². The summed E-state index contributed by atoms with van der Waals surface area (Å²) in [6.45, 7) is 2.94. The van der Waals surface area contributed by atoms with Crippen LogP contribution in [-0.4, -0.2) is 43.4 Å². The van der Waals surface area contributed by atoms with Crippen LogP contribution in [0.4, 0.5) is 0 Å². The largest absolute Gasteiger partial charge is 0.347 e. The highest BCUT2D eigenvalue weighted by Gasteiger charge is 2.51. The molecule has 4 rings (SSSR count). The Morgan fingerprint density at radius 3 is 2.19 bits per heavy atom. The lowest BCUT2D eigenvalue weighted by Crippen LogP contribution is -2.41. The molecule has 1 aliphatic heterocycles. The zero-order chi connectivity index (χ0) is 21.2. The van der Waals surface area contributed by atoms with Gasteiger partial charge in [-0.25, -0.2) is 0 Å². The Kier molecular flexibility index (Phi) is 7.42. The van der Waals surface area contributed by atoms with Gasteiger partial charge in [0.2, 0.25) is 5.91 Å². The molecule has 0 radical (unpaired) electrons. The minimum Gasteiger partial charge on any atom is -0.347 e. The molecule has 6 nitrogen and oxygen atoms in total. The second-order valence-corrected chi connectivity index (χ2v) is 9.90. The monoisotopic (exact) mass is 464 g/mol. The lowest BCUT2D eigenvalue weighted by atomic mass is 9.93. The van der Waals surface area contributed by atoms with Crippen LogP contribution in [0.2, 0.25) is 0 Å². The molecule has 2 aliphatic rings. The molecule has 0 unspecified atom stereocenters. The summed E-state index contributed by atoms with van der Waals surface area (Å²) in [7, 11) is -4.07. The fourth-order valence-electron chi connectivity index (χ4n) is 4.34. The van der Waals surface area contributed by atoms with Crippen LogP contribution in [0.1, 0.15) is 48.4 Å². The second kappa shape index (κ2) is 9.69. The summed E-state index contributed by atoms with van der Waals surface area (Å²) in [5.41, 5.74) is 1.96. The maximum Gasteiger partial charge on any atom is 0.269 e. The van der Waals surface area contributed by atoms with Crippen molar-refractivity contribution in [3.8, 4) is 0 Å². The number of halogens is 1. The first kappa shape index (κ1) is 23.7. The van der Waals surface area contributed by atoms with Crippen molar-refractivity contribution in [2.24, 2.45) is 0 Å². The van der Waals surface area contributed by atoms with Crippen molar-refractivity contribution in [1.82, 2.24) is 10.2 Å². The van der Waals surface area contributed by atoms with E-state index in [2.05, 4.69) is 22.3 Å². The van der Waals surface area contributed by atoms with Crippen LogP contribution < -0.4 is 5.32 Å². The molecule has 0 spiro atoms. The predicted molar refractivity (Wildman–Crippen MR) is 123 cm³/mol. The normalized spacial score (nSPS) is 18.7. The zero-order valence-corrected chi connectivity index (χ0v) is 19.0. The topological polar surface area (TPSA) is 86.7 Å².